The van der Waals surface area contributed by atoms with Gasteiger partial charge in [-0.25, -0.2) is 4.79 Å². The Morgan fingerprint density at radius 2 is 2.50 bits per heavy atom. The minimum absolute atomic E-state index is 0.319. The lowest BCUT2D eigenvalue weighted by atomic mass is 10.3. The van der Waals surface area contributed by atoms with Gasteiger partial charge in [-0.3, -0.25) is 3.97 Å². The van der Waals surface area contributed by atoms with Gasteiger partial charge in [-0.2, -0.15) is 0 Å². The smallest absolute Gasteiger partial charge is 0.355 e. The van der Waals surface area contributed by atoms with Crippen molar-refractivity contribution in [2.75, 3.05) is 7.11 Å². The number of hydrogen-bond donors (Lipinski definition) is 2. The number of rotatable bonds is 2. The quantitative estimate of drug-likeness (QED) is 0.408. The fraction of sp³-hybridized carbons (Fsp3) is 0.143. The van der Waals surface area contributed by atoms with Gasteiger partial charge in [-0.15, -0.1) is 0 Å². The molecule has 0 unspecified atom stereocenters. The molecule has 64 valence electrons. The summed E-state index contributed by atoms with van der Waals surface area (Å²) >= 11 is 3.98. The highest BCUT2D eigenvalue weighted by Crippen LogP contribution is 2.09. The van der Waals surface area contributed by atoms with Crippen molar-refractivity contribution in [3.05, 3.63) is 23.5 Å². The Balaban J connectivity index is 3.07. The monoisotopic (exact) mass is 184 g/mol. The summed E-state index contributed by atoms with van der Waals surface area (Å²) in [6.45, 7) is 0. The number of thiol groups is 1. The fourth-order valence-corrected chi connectivity index (χ4v) is 1.08. The minimum atomic E-state index is -0.460. The average molecular weight is 184 g/mol. The van der Waals surface area contributed by atoms with E-state index >= 15 is 0 Å². The van der Waals surface area contributed by atoms with E-state index in [4.69, 9.17) is 5.41 Å². The van der Waals surface area contributed by atoms with Crippen molar-refractivity contribution >= 4 is 25.0 Å². The van der Waals surface area contributed by atoms with Gasteiger partial charge in [0.05, 0.1) is 7.11 Å². The largest absolute Gasteiger partial charge is 0.464 e. The molecular weight excluding hydrogens is 176 g/mol. The molecule has 0 saturated heterocycles. The number of carbonyl (C=O) groups is 1. The van der Waals surface area contributed by atoms with Crippen LogP contribution in [0.2, 0.25) is 0 Å². The van der Waals surface area contributed by atoms with E-state index in [0.717, 1.165) is 6.21 Å². The molecule has 1 heterocycles. The average Bonchev–Trinajstić information content (AvgIpc) is 2.45. The molecule has 1 aromatic heterocycles. The van der Waals surface area contributed by atoms with Gasteiger partial charge < -0.3 is 10.1 Å². The van der Waals surface area contributed by atoms with E-state index in [9.17, 15) is 4.79 Å². The van der Waals surface area contributed by atoms with Crippen LogP contribution in [-0.4, -0.2) is 23.3 Å². The molecule has 0 aliphatic rings. The molecule has 0 atom stereocenters. The van der Waals surface area contributed by atoms with E-state index in [1.165, 1.54) is 17.1 Å². The molecule has 12 heavy (non-hydrogen) atoms. The molecule has 0 aliphatic heterocycles. The number of aromatic nitrogens is 1. The first-order valence-electron chi connectivity index (χ1n) is 3.19. The molecule has 0 spiro atoms. The fourth-order valence-electron chi connectivity index (χ4n) is 0.808. The molecular formula is C7H8N2O2S. The highest BCUT2D eigenvalue weighted by atomic mass is 32.1. The third kappa shape index (κ3) is 1.50. The maximum absolute atomic E-state index is 11.0. The summed E-state index contributed by atoms with van der Waals surface area (Å²) in [7, 11) is 1.30. The van der Waals surface area contributed by atoms with Crippen LogP contribution in [-0.2, 0) is 4.74 Å². The van der Waals surface area contributed by atoms with Gasteiger partial charge in [0, 0.05) is 18.0 Å². The van der Waals surface area contributed by atoms with Crippen LogP contribution in [0.1, 0.15) is 16.1 Å². The third-order valence-electron chi connectivity index (χ3n) is 1.38. The number of nitrogens with one attached hydrogen (secondary N) is 1. The summed E-state index contributed by atoms with van der Waals surface area (Å²) in [5, 5.41) is 6.93. The van der Waals surface area contributed by atoms with Crippen molar-refractivity contribution in [3.8, 4) is 0 Å². The Morgan fingerprint density at radius 1 is 1.83 bits per heavy atom. The molecule has 5 heteroatoms. The zero-order valence-electron chi connectivity index (χ0n) is 6.44. The third-order valence-corrected chi connectivity index (χ3v) is 1.71. The lowest BCUT2D eigenvalue weighted by molar-refractivity contribution is 0.0593. The van der Waals surface area contributed by atoms with E-state index < -0.39 is 5.97 Å². The summed E-state index contributed by atoms with van der Waals surface area (Å²) in [5.74, 6) is -0.460. The predicted molar refractivity (Wildman–Crippen MR) is 48.0 cm³/mol. The van der Waals surface area contributed by atoms with Crippen LogP contribution in [0.4, 0.5) is 0 Å². The number of ether oxygens (including phenoxy) is 1. The van der Waals surface area contributed by atoms with Crippen molar-refractivity contribution in [1.82, 2.24) is 3.97 Å². The minimum Gasteiger partial charge on any atom is -0.464 e. The first-order chi connectivity index (χ1) is 5.69. The molecule has 0 fully saturated rings. The van der Waals surface area contributed by atoms with Crippen LogP contribution in [0.25, 0.3) is 0 Å². The number of carbonyl (C=O) groups excluding carboxylic acids is 1. The second-order valence-electron chi connectivity index (χ2n) is 2.14. The van der Waals surface area contributed by atoms with Gasteiger partial charge in [0.1, 0.15) is 5.69 Å². The zero-order chi connectivity index (χ0) is 9.14. The van der Waals surface area contributed by atoms with Gasteiger partial charge in [0.2, 0.25) is 0 Å². The van der Waals surface area contributed by atoms with Crippen LogP contribution in [0, 0.1) is 5.41 Å². The maximum Gasteiger partial charge on any atom is 0.355 e. The topological polar surface area (TPSA) is 55.1 Å². The Hall–Kier alpha value is -1.23. The van der Waals surface area contributed by atoms with Crippen LogP contribution in [0.15, 0.2) is 12.3 Å². The second-order valence-corrected chi connectivity index (χ2v) is 2.57. The second kappa shape index (κ2) is 3.44. The Bertz CT molecular complexity index is 319. The summed E-state index contributed by atoms with van der Waals surface area (Å²) in [6.07, 6.45) is 2.70. The van der Waals surface area contributed by atoms with Gasteiger partial charge in [-0.05, 0) is 6.07 Å². The summed E-state index contributed by atoms with van der Waals surface area (Å²) in [4.78, 5) is 11.0. The maximum atomic E-state index is 11.0. The Kier molecular flexibility index (Phi) is 2.54. The zero-order valence-corrected chi connectivity index (χ0v) is 7.34. The molecule has 4 nitrogen and oxygen atoms in total. The van der Waals surface area contributed by atoms with Crippen molar-refractivity contribution in [2.45, 2.75) is 0 Å². The number of methoxy groups -OCH3 is 1. The lowest BCUT2D eigenvalue weighted by Gasteiger charge is -1.97. The highest BCUT2D eigenvalue weighted by Gasteiger charge is 2.10. The molecule has 1 rings (SSSR count). The van der Waals surface area contributed by atoms with E-state index in [-0.39, 0.29) is 0 Å². The van der Waals surface area contributed by atoms with Crippen molar-refractivity contribution < 1.29 is 9.53 Å². The van der Waals surface area contributed by atoms with E-state index in [2.05, 4.69) is 17.6 Å². The molecule has 1 aromatic rings. The molecule has 0 aliphatic carbocycles. The highest BCUT2D eigenvalue weighted by molar-refractivity contribution is 7.78. The SMILES string of the molecule is COC(=O)c1cc(C=N)cn1S. The van der Waals surface area contributed by atoms with Gasteiger partial charge >= 0.3 is 5.97 Å². The van der Waals surface area contributed by atoms with Crippen molar-refractivity contribution in [1.29, 1.82) is 5.41 Å². The molecule has 0 bridgehead atoms. The van der Waals surface area contributed by atoms with Crippen molar-refractivity contribution in [2.24, 2.45) is 0 Å². The van der Waals surface area contributed by atoms with Crippen LogP contribution < -0.4 is 0 Å². The molecule has 0 aromatic carbocycles. The first kappa shape index (κ1) is 8.86. The number of nitrogens with zero attached hydrogens (tertiary/aromatic N) is 1. The molecule has 0 saturated carbocycles. The first-order valence-corrected chi connectivity index (χ1v) is 3.59. The van der Waals surface area contributed by atoms with Gasteiger partial charge in [-0.1, -0.05) is 12.8 Å². The normalized spacial score (nSPS) is 9.50. The molecule has 1 N–H and O–H groups in total. The van der Waals surface area contributed by atoms with Crippen molar-refractivity contribution in [3.63, 3.8) is 0 Å². The standard InChI is InChI=1S/C7H8N2O2S/c1-11-7(10)6-2-5(3-8)4-9(6)12/h2-4,8,12H,1H3. The van der Waals surface area contributed by atoms with Gasteiger partial charge in [0.25, 0.3) is 0 Å². The lowest BCUT2D eigenvalue weighted by Crippen LogP contribution is -2.03. The number of esters is 1. The van der Waals surface area contributed by atoms with E-state index in [0.29, 0.717) is 11.3 Å². The summed E-state index contributed by atoms with van der Waals surface area (Å²) in [6, 6.07) is 1.53. The van der Waals surface area contributed by atoms with Crippen LogP contribution in [0.5, 0.6) is 0 Å². The van der Waals surface area contributed by atoms with Crippen LogP contribution in [0.3, 0.4) is 0 Å². The molecule has 0 amide bonds. The van der Waals surface area contributed by atoms with E-state index in [1.807, 2.05) is 0 Å². The molecule has 0 radical (unpaired) electrons. The summed E-state index contributed by atoms with van der Waals surface area (Å²) in [5.41, 5.74) is 0.935. The van der Waals surface area contributed by atoms with Crippen LogP contribution >= 0.6 is 12.8 Å². The Morgan fingerprint density at radius 3 is 2.92 bits per heavy atom. The Labute approximate surface area is 75.2 Å². The summed E-state index contributed by atoms with van der Waals surface area (Å²) < 4.78 is 5.82. The van der Waals surface area contributed by atoms with Gasteiger partial charge in [0.15, 0.2) is 0 Å². The predicted octanol–water partition coefficient (Wildman–Crippen LogP) is 0.965. The number of hydrogen-bond acceptors (Lipinski definition) is 4. The van der Waals surface area contributed by atoms with E-state index in [1.54, 1.807) is 6.20 Å².